The Morgan fingerprint density at radius 3 is 2.82 bits per heavy atom. The van der Waals surface area contributed by atoms with Crippen molar-refractivity contribution in [3.63, 3.8) is 0 Å². The number of nitrogens with one attached hydrogen (secondary N) is 1. The van der Waals surface area contributed by atoms with Crippen LogP contribution in [0.1, 0.15) is 41.3 Å². The minimum atomic E-state index is -0.494. The highest BCUT2D eigenvalue weighted by molar-refractivity contribution is 8.00. The molecule has 3 heterocycles. The number of fused-ring (bicyclic) bond motifs is 3. The molecule has 0 bridgehead atoms. The Balaban J connectivity index is 1.58. The number of ketones is 1. The van der Waals surface area contributed by atoms with Crippen molar-refractivity contribution in [1.29, 1.82) is 0 Å². The number of thioether (sulfide) groups is 1. The van der Waals surface area contributed by atoms with E-state index in [-0.39, 0.29) is 35.6 Å². The number of carbonyl (C=O) groups is 3. The van der Waals surface area contributed by atoms with Gasteiger partial charge in [0.05, 0.1) is 6.04 Å². The number of amides is 3. The largest absolute Gasteiger partial charge is 0.337 e. The van der Waals surface area contributed by atoms with Gasteiger partial charge in [0.25, 0.3) is 0 Å². The summed E-state index contributed by atoms with van der Waals surface area (Å²) in [7, 11) is 0. The molecule has 3 atom stereocenters. The predicted molar refractivity (Wildman–Crippen MR) is 108 cm³/mol. The molecule has 3 unspecified atom stereocenters. The molecule has 1 aromatic carbocycles. The summed E-state index contributed by atoms with van der Waals surface area (Å²) >= 11 is 1.63. The van der Waals surface area contributed by atoms with Gasteiger partial charge in [0.15, 0.2) is 12.1 Å². The lowest BCUT2D eigenvalue weighted by atomic mass is 10.0. The maximum atomic E-state index is 13.1. The van der Waals surface area contributed by atoms with Crippen LogP contribution in [0, 0.1) is 13.8 Å². The van der Waals surface area contributed by atoms with Crippen LogP contribution in [0.5, 0.6) is 0 Å². The van der Waals surface area contributed by atoms with Gasteiger partial charge in [-0.25, -0.2) is 9.80 Å². The van der Waals surface area contributed by atoms with Crippen molar-refractivity contribution in [3.8, 4) is 0 Å². The Morgan fingerprint density at radius 2 is 2.07 bits per heavy atom. The number of hydrogen-bond donors (Lipinski definition) is 1. The predicted octanol–water partition coefficient (Wildman–Crippen LogP) is 2.14. The van der Waals surface area contributed by atoms with Gasteiger partial charge in [-0.2, -0.15) is 5.43 Å². The SMILES string of the molecule is CCCN1C(=O)C2SCCC2N2C(=O)N(CC(=O)c3cc(C)ccc3C)NC12. The van der Waals surface area contributed by atoms with Crippen molar-refractivity contribution in [2.75, 3.05) is 18.8 Å². The topological polar surface area (TPSA) is 73.0 Å². The van der Waals surface area contributed by atoms with E-state index in [4.69, 9.17) is 0 Å². The lowest BCUT2D eigenvalue weighted by molar-refractivity contribution is -0.144. The number of carbonyl (C=O) groups excluding carboxylic acids is 3. The molecule has 3 aliphatic rings. The maximum absolute atomic E-state index is 13.1. The second-order valence-corrected chi connectivity index (χ2v) is 8.95. The van der Waals surface area contributed by atoms with E-state index in [2.05, 4.69) is 5.43 Å². The fourth-order valence-corrected chi connectivity index (χ4v) is 5.68. The van der Waals surface area contributed by atoms with Gasteiger partial charge in [-0.1, -0.05) is 24.6 Å². The lowest BCUT2D eigenvalue weighted by Crippen LogP contribution is -2.66. The van der Waals surface area contributed by atoms with Crippen LogP contribution in [0.2, 0.25) is 0 Å². The highest BCUT2D eigenvalue weighted by Crippen LogP contribution is 2.39. The third-order valence-corrected chi connectivity index (χ3v) is 7.03. The van der Waals surface area contributed by atoms with Gasteiger partial charge in [0.1, 0.15) is 11.8 Å². The van der Waals surface area contributed by atoms with Gasteiger partial charge in [-0.05, 0) is 44.1 Å². The van der Waals surface area contributed by atoms with Gasteiger partial charge < -0.3 is 4.90 Å². The molecule has 28 heavy (non-hydrogen) atoms. The summed E-state index contributed by atoms with van der Waals surface area (Å²) < 4.78 is 0. The summed E-state index contributed by atoms with van der Waals surface area (Å²) in [6.07, 6.45) is 1.13. The molecule has 8 heteroatoms. The Hall–Kier alpha value is -2.06. The monoisotopic (exact) mass is 402 g/mol. The smallest absolute Gasteiger partial charge is 0.307 e. The quantitative estimate of drug-likeness (QED) is 0.764. The molecule has 4 rings (SSSR count). The van der Waals surface area contributed by atoms with E-state index in [1.54, 1.807) is 21.6 Å². The van der Waals surface area contributed by atoms with Crippen molar-refractivity contribution < 1.29 is 14.4 Å². The summed E-state index contributed by atoms with van der Waals surface area (Å²) in [4.78, 5) is 42.5. The van der Waals surface area contributed by atoms with Gasteiger partial charge in [0.2, 0.25) is 5.91 Å². The molecule has 0 aromatic heterocycles. The molecule has 0 spiro atoms. The second-order valence-electron chi connectivity index (χ2n) is 7.70. The van der Waals surface area contributed by atoms with E-state index >= 15 is 0 Å². The molecule has 3 amide bonds. The summed E-state index contributed by atoms with van der Waals surface area (Å²) in [5, 5.41) is 1.19. The van der Waals surface area contributed by atoms with E-state index in [0.717, 1.165) is 29.7 Å². The van der Waals surface area contributed by atoms with Gasteiger partial charge in [-0.15, -0.1) is 11.8 Å². The third kappa shape index (κ3) is 3.08. The zero-order valence-electron chi connectivity index (χ0n) is 16.5. The third-order valence-electron chi connectivity index (χ3n) is 5.69. The standard InChI is InChI=1S/C20H26N4O3S/c1-4-8-22-18(26)17-15(7-9-28-17)24-19(22)21-23(20(24)27)11-16(25)14-10-12(2)5-6-13(14)3/h5-6,10,15,17,19,21H,4,7-9,11H2,1-3H3. The highest BCUT2D eigenvalue weighted by atomic mass is 32.2. The summed E-state index contributed by atoms with van der Waals surface area (Å²) in [6.45, 7) is 6.40. The average molecular weight is 403 g/mol. The summed E-state index contributed by atoms with van der Waals surface area (Å²) in [5.74, 6) is 0.866. The molecule has 3 aliphatic heterocycles. The number of hydrazine groups is 1. The van der Waals surface area contributed by atoms with Crippen LogP contribution < -0.4 is 5.43 Å². The van der Waals surface area contributed by atoms with E-state index in [0.29, 0.717) is 12.1 Å². The normalized spacial score (nSPS) is 26.7. The van der Waals surface area contributed by atoms with E-state index in [1.807, 2.05) is 39.0 Å². The second kappa shape index (κ2) is 7.40. The van der Waals surface area contributed by atoms with Crippen molar-refractivity contribution in [1.82, 2.24) is 20.2 Å². The van der Waals surface area contributed by atoms with E-state index in [1.165, 1.54) is 5.01 Å². The van der Waals surface area contributed by atoms with Crippen LogP contribution in [0.15, 0.2) is 18.2 Å². The number of benzene rings is 1. The Bertz CT molecular complexity index is 830. The Kier molecular flexibility index (Phi) is 5.09. The highest BCUT2D eigenvalue weighted by Gasteiger charge is 2.55. The molecule has 3 saturated heterocycles. The number of urea groups is 1. The molecule has 1 aromatic rings. The lowest BCUT2D eigenvalue weighted by Gasteiger charge is -2.44. The maximum Gasteiger partial charge on any atom is 0.337 e. The molecule has 150 valence electrons. The molecule has 3 fully saturated rings. The Labute approximate surface area is 169 Å². The van der Waals surface area contributed by atoms with E-state index in [9.17, 15) is 14.4 Å². The van der Waals surface area contributed by atoms with Crippen molar-refractivity contribution in [3.05, 3.63) is 34.9 Å². The van der Waals surface area contributed by atoms with Crippen LogP contribution in [-0.2, 0) is 4.79 Å². The summed E-state index contributed by atoms with van der Waals surface area (Å²) in [6, 6.07) is 5.44. The van der Waals surface area contributed by atoms with Crippen molar-refractivity contribution in [2.24, 2.45) is 0 Å². The van der Waals surface area contributed by atoms with Gasteiger partial charge in [0, 0.05) is 12.1 Å². The molecule has 0 saturated carbocycles. The molecule has 0 aliphatic carbocycles. The van der Waals surface area contributed by atoms with Crippen LogP contribution in [0.3, 0.4) is 0 Å². The first-order valence-electron chi connectivity index (χ1n) is 9.81. The number of hydrogen-bond acceptors (Lipinski definition) is 5. The van der Waals surface area contributed by atoms with Crippen molar-refractivity contribution in [2.45, 2.75) is 51.2 Å². The van der Waals surface area contributed by atoms with Crippen molar-refractivity contribution >= 4 is 29.5 Å². The fraction of sp³-hybridized carbons (Fsp3) is 0.550. The average Bonchev–Trinajstić information content (AvgIpc) is 3.26. The van der Waals surface area contributed by atoms with E-state index < -0.39 is 6.29 Å². The zero-order valence-corrected chi connectivity index (χ0v) is 17.3. The van der Waals surface area contributed by atoms with Gasteiger partial charge >= 0.3 is 6.03 Å². The first-order valence-corrected chi connectivity index (χ1v) is 10.9. The first-order chi connectivity index (χ1) is 13.4. The number of Topliss-reactive ketones (excluding diaryl/α,β-unsaturated/α-hetero) is 1. The number of rotatable bonds is 5. The first kappa shape index (κ1) is 19.3. The van der Waals surface area contributed by atoms with Crippen LogP contribution >= 0.6 is 11.8 Å². The molecular weight excluding hydrogens is 376 g/mol. The van der Waals surface area contributed by atoms with Gasteiger partial charge in [-0.3, -0.25) is 14.5 Å². The van der Waals surface area contributed by atoms with Crippen LogP contribution in [0.25, 0.3) is 0 Å². The Morgan fingerprint density at radius 1 is 1.29 bits per heavy atom. The molecule has 0 radical (unpaired) electrons. The van der Waals surface area contributed by atoms with Crippen LogP contribution in [-0.4, -0.2) is 69.0 Å². The van der Waals surface area contributed by atoms with Crippen LogP contribution in [0.4, 0.5) is 4.79 Å². The molecule has 1 N–H and O–H groups in total. The summed E-state index contributed by atoms with van der Waals surface area (Å²) in [5.41, 5.74) is 5.68. The zero-order chi connectivity index (χ0) is 20.0. The fourth-order valence-electron chi connectivity index (χ4n) is 4.28. The molecular formula is C20H26N4O3S. The number of nitrogens with zero attached hydrogens (tertiary/aromatic N) is 3. The molecule has 7 nitrogen and oxygen atoms in total. The number of aryl methyl sites for hydroxylation is 2. The minimum Gasteiger partial charge on any atom is -0.307 e. The minimum absolute atomic E-state index is 0.0468.